The summed E-state index contributed by atoms with van der Waals surface area (Å²) >= 11 is 7.81. The predicted molar refractivity (Wildman–Crippen MR) is 119 cm³/mol. The molecule has 0 bridgehead atoms. The molecule has 30 heavy (non-hydrogen) atoms. The third kappa shape index (κ3) is 4.47. The van der Waals surface area contributed by atoms with Gasteiger partial charge < -0.3 is 5.32 Å². The van der Waals surface area contributed by atoms with Gasteiger partial charge in [0.15, 0.2) is 0 Å². The lowest BCUT2D eigenvalue weighted by molar-refractivity contribution is -0.116. The quantitative estimate of drug-likeness (QED) is 0.453. The highest BCUT2D eigenvalue weighted by Gasteiger charge is 2.13. The Morgan fingerprint density at radius 3 is 2.67 bits per heavy atom. The van der Waals surface area contributed by atoms with Crippen LogP contribution < -0.4 is 5.32 Å². The lowest BCUT2D eigenvalue weighted by Gasteiger charge is -2.11. The van der Waals surface area contributed by atoms with Crippen molar-refractivity contribution < 1.29 is 4.79 Å². The number of rotatable bonds is 6. The predicted octanol–water partition coefficient (Wildman–Crippen LogP) is 5.12. The Morgan fingerprint density at radius 2 is 1.90 bits per heavy atom. The van der Waals surface area contributed by atoms with E-state index in [2.05, 4.69) is 20.4 Å². The van der Waals surface area contributed by atoms with Crippen LogP contribution in [0.1, 0.15) is 23.4 Å². The molecule has 0 unspecified atom stereocenters. The van der Waals surface area contributed by atoms with Crippen molar-refractivity contribution >= 4 is 40.7 Å². The van der Waals surface area contributed by atoms with E-state index in [9.17, 15) is 4.79 Å². The highest BCUT2D eigenvalue weighted by molar-refractivity contribution is 7.99. The van der Waals surface area contributed by atoms with E-state index in [4.69, 9.17) is 11.6 Å². The summed E-state index contributed by atoms with van der Waals surface area (Å²) in [5.74, 6) is 0.534. The van der Waals surface area contributed by atoms with Crippen LogP contribution in [0.4, 0.5) is 5.69 Å². The van der Waals surface area contributed by atoms with Gasteiger partial charge in [0.25, 0.3) is 5.78 Å². The number of benzene rings is 2. The van der Waals surface area contributed by atoms with Crippen molar-refractivity contribution in [3.05, 3.63) is 76.8 Å². The molecule has 8 heteroatoms. The molecule has 1 amide bonds. The fourth-order valence-corrected chi connectivity index (χ4v) is 4.33. The summed E-state index contributed by atoms with van der Waals surface area (Å²) in [4.78, 5) is 23.1. The first-order valence-corrected chi connectivity index (χ1v) is 10.7. The van der Waals surface area contributed by atoms with Crippen molar-refractivity contribution in [3.63, 3.8) is 0 Å². The van der Waals surface area contributed by atoms with E-state index in [0.717, 1.165) is 37.5 Å². The van der Waals surface area contributed by atoms with Crippen LogP contribution in [-0.4, -0.2) is 25.5 Å². The number of nitrogens with zero attached hydrogens (tertiary/aromatic N) is 4. The third-order valence-electron chi connectivity index (χ3n) is 4.79. The molecule has 4 rings (SSSR count). The van der Waals surface area contributed by atoms with Crippen LogP contribution in [-0.2, 0) is 11.2 Å². The standard InChI is InChI=1S/C22H20ClN5OS/c1-14-18(15(2)28-22(26-14)24-13-25-28)11-12-21(29)27-16-7-9-17(10-8-16)30-20-6-4-3-5-19(20)23/h3-10,13H,11-12H2,1-2H3,(H,27,29). The molecule has 1 N–H and O–H groups in total. The molecule has 2 heterocycles. The van der Waals surface area contributed by atoms with Gasteiger partial charge in [0, 0.05) is 33.3 Å². The smallest absolute Gasteiger partial charge is 0.252 e. The van der Waals surface area contributed by atoms with Crippen LogP contribution in [0.5, 0.6) is 0 Å². The highest BCUT2D eigenvalue weighted by atomic mass is 35.5. The largest absolute Gasteiger partial charge is 0.326 e. The number of hydrogen-bond donors (Lipinski definition) is 1. The molecule has 0 radical (unpaired) electrons. The van der Waals surface area contributed by atoms with Crippen LogP contribution in [0.3, 0.4) is 0 Å². The maximum atomic E-state index is 12.5. The highest BCUT2D eigenvalue weighted by Crippen LogP contribution is 2.33. The van der Waals surface area contributed by atoms with Gasteiger partial charge in [-0.15, -0.1) is 0 Å². The molecule has 0 saturated carbocycles. The molecule has 0 fully saturated rings. The zero-order chi connectivity index (χ0) is 21.1. The van der Waals surface area contributed by atoms with Crippen molar-refractivity contribution in [1.82, 2.24) is 19.6 Å². The number of aryl methyl sites for hydroxylation is 2. The Morgan fingerprint density at radius 1 is 1.13 bits per heavy atom. The van der Waals surface area contributed by atoms with E-state index < -0.39 is 0 Å². The van der Waals surface area contributed by atoms with Gasteiger partial charge in [0.1, 0.15) is 6.33 Å². The number of aromatic nitrogens is 4. The van der Waals surface area contributed by atoms with Crippen LogP contribution in [0, 0.1) is 13.8 Å². The Labute approximate surface area is 183 Å². The summed E-state index contributed by atoms with van der Waals surface area (Å²) in [7, 11) is 0. The molecule has 152 valence electrons. The van der Waals surface area contributed by atoms with Crippen molar-refractivity contribution in [2.75, 3.05) is 5.32 Å². The molecule has 6 nitrogen and oxygen atoms in total. The molecule has 0 aliphatic heterocycles. The molecule has 0 saturated heterocycles. The van der Waals surface area contributed by atoms with Gasteiger partial charge in [-0.2, -0.15) is 10.1 Å². The van der Waals surface area contributed by atoms with Crippen molar-refractivity contribution in [2.24, 2.45) is 0 Å². The number of carbonyl (C=O) groups is 1. The number of carbonyl (C=O) groups excluding carboxylic acids is 1. The fourth-order valence-electron chi connectivity index (χ4n) is 3.24. The molecular formula is C22H20ClN5OS. The van der Waals surface area contributed by atoms with Gasteiger partial charge in [0.2, 0.25) is 5.91 Å². The molecule has 2 aromatic carbocycles. The van der Waals surface area contributed by atoms with E-state index in [1.54, 1.807) is 16.3 Å². The second kappa shape index (κ2) is 8.85. The molecule has 2 aromatic heterocycles. The minimum Gasteiger partial charge on any atom is -0.326 e. The minimum absolute atomic E-state index is 0.0426. The number of fused-ring (bicyclic) bond motifs is 1. The minimum atomic E-state index is -0.0426. The van der Waals surface area contributed by atoms with Crippen molar-refractivity contribution in [1.29, 1.82) is 0 Å². The second-order valence-electron chi connectivity index (χ2n) is 6.84. The first-order valence-electron chi connectivity index (χ1n) is 9.49. The van der Waals surface area contributed by atoms with Gasteiger partial charge in [0.05, 0.1) is 5.02 Å². The van der Waals surface area contributed by atoms with Crippen molar-refractivity contribution in [2.45, 2.75) is 36.5 Å². The maximum Gasteiger partial charge on any atom is 0.252 e. The number of hydrogen-bond acceptors (Lipinski definition) is 5. The molecule has 0 aliphatic carbocycles. The fraction of sp³-hybridized carbons (Fsp3) is 0.182. The van der Waals surface area contributed by atoms with E-state index in [-0.39, 0.29) is 5.91 Å². The van der Waals surface area contributed by atoms with Crippen molar-refractivity contribution in [3.8, 4) is 0 Å². The zero-order valence-corrected chi connectivity index (χ0v) is 18.2. The summed E-state index contributed by atoms with van der Waals surface area (Å²) in [6.45, 7) is 3.91. The zero-order valence-electron chi connectivity index (χ0n) is 16.6. The number of halogens is 1. The normalized spacial score (nSPS) is 11.0. The van der Waals surface area contributed by atoms with E-state index >= 15 is 0 Å². The van der Waals surface area contributed by atoms with E-state index in [0.29, 0.717) is 18.6 Å². The lowest BCUT2D eigenvalue weighted by Crippen LogP contribution is -2.14. The Kier molecular flexibility index (Phi) is 6.01. The SMILES string of the molecule is Cc1nc2ncnn2c(C)c1CCC(=O)Nc1ccc(Sc2ccccc2Cl)cc1. The third-order valence-corrected chi connectivity index (χ3v) is 6.32. The van der Waals surface area contributed by atoms with Gasteiger partial charge in [-0.25, -0.2) is 9.50 Å². The van der Waals surface area contributed by atoms with Gasteiger partial charge >= 0.3 is 0 Å². The first-order chi connectivity index (χ1) is 14.5. The molecule has 0 atom stereocenters. The summed E-state index contributed by atoms with van der Waals surface area (Å²) in [6, 6.07) is 15.5. The van der Waals surface area contributed by atoms with Gasteiger partial charge in [-0.05, 0) is 62.2 Å². The van der Waals surface area contributed by atoms with Gasteiger partial charge in [-0.3, -0.25) is 4.79 Å². The summed E-state index contributed by atoms with van der Waals surface area (Å²) in [5.41, 5.74) is 3.63. The lowest BCUT2D eigenvalue weighted by atomic mass is 10.1. The molecular weight excluding hydrogens is 418 g/mol. The average Bonchev–Trinajstić information content (AvgIpc) is 3.19. The number of nitrogens with one attached hydrogen (secondary N) is 1. The number of amides is 1. The van der Waals surface area contributed by atoms with E-state index in [1.165, 1.54) is 6.33 Å². The van der Waals surface area contributed by atoms with Crippen LogP contribution in [0.15, 0.2) is 64.6 Å². The van der Waals surface area contributed by atoms with E-state index in [1.807, 2.05) is 62.4 Å². The Hall–Kier alpha value is -2.90. The monoisotopic (exact) mass is 437 g/mol. The summed E-state index contributed by atoms with van der Waals surface area (Å²) in [5, 5.41) is 7.87. The summed E-state index contributed by atoms with van der Waals surface area (Å²) < 4.78 is 1.70. The topological polar surface area (TPSA) is 72.2 Å². The molecule has 4 aromatic rings. The molecule has 0 spiro atoms. The van der Waals surface area contributed by atoms with Gasteiger partial charge in [-0.1, -0.05) is 35.5 Å². The molecule has 0 aliphatic rings. The summed E-state index contributed by atoms with van der Waals surface area (Å²) in [6.07, 6.45) is 2.44. The first kappa shape index (κ1) is 20.4. The Bertz CT molecular complexity index is 1210. The Balaban J connectivity index is 1.37. The second-order valence-corrected chi connectivity index (χ2v) is 8.36. The number of anilines is 1. The van der Waals surface area contributed by atoms with Crippen LogP contribution >= 0.6 is 23.4 Å². The van der Waals surface area contributed by atoms with Crippen LogP contribution in [0.2, 0.25) is 5.02 Å². The van der Waals surface area contributed by atoms with Crippen LogP contribution in [0.25, 0.3) is 5.78 Å². The maximum absolute atomic E-state index is 12.5. The average molecular weight is 438 g/mol.